The van der Waals surface area contributed by atoms with E-state index in [1.807, 2.05) is 36.4 Å². The Morgan fingerprint density at radius 1 is 1.06 bits per heavy atom. The van der Waals surface area contributed by atoms with Gasteiger partial charge in [-0.1, -0.05) is 30.3 Å². The lowest BCUT2D eigenvalue weighted by molar-refractivity contribution is -0.122. The van der Waals surface area contributed by atoms with Crippen LogP contribution in [0.3, 0.4) is 0 Å². The van der Waals surface area contributed by atoms with Gasteiger partial charge >= 0.3 is 0 Å². The first-order chi connectivity index (χ1) is 15.1. The van der Waals surface area contributed by atoms with Crippen LogP contribution in [0, 0.1) is 5.92 Å². The number of benzene rings is 2. The Bertz CT molecular complexity index is 1340. The highest BCUT2D eigenvalue weighted by molar-refractivity contribution is 6.04. The van der Waals surface area contributed by atoms with E-state index in [2.05, 4.69) is 20.4 Å². The lowest BCUT2D eigenvalue weighted by Gasteiger charge is -2.17. The lowest BCUT2D eigenvalue weighted by Crippen LogP contribution is -2.28. The van der Waals surface area contributed by atoms with Crippen molar-refractivity contribution in [1.29, 1.82) is 0 Å². The summed E-state index contributed by atoms with van der Waals surface area (Å²) in [6, 6.07) is 16.4. The highest BCUT2D eigenvalue weighted by Crippen LogP contribution is 2.27. The molecule has 1 atom stereocenters. The van der Waals surface area contributed by atoms with E-state index in [-0.39, 0.29) is 23.8 Å². The molecule has 1 saturated heterocycles. The number of amides is 2. The van der Waals surface area contributed by atoms with E-state index in [1.54, 1.807) is 23.1 Å². The minimum absolute atomic E-state index is 0.0823. The minimum atomic E-state index is -0.476. The standard InChI is InChI=1S/C22H18N6O3/c29-19-10-14(12-27(19)15-6-2-1-3-7-15)21(30)26-17-8-4-5-9-18(17)28-20-16(11-25-28)22(31)24-13-23-20/h1-9,11,13-14H,10,12H2,(H,26,30)(H,23,24,31). The number of hydrogen-bond donors (Lipinski definition) is 2. The molecule has 0 bridgehead atoms. The number of fused-ring (bicyclic) bond motifs is 1. The average Bonchev–Trinajstić information content (AvgIpc) is 3.39. The van der Waals surface area contributed by atoms with Gasteiger partial charge in [0.1, 0.15) is 5.39 Å². The number of nitrogens with zero attached hydrogens (tertiary/aromatic N) is 4. The van der Waals surface area contributed by atoms with E-state index in [0.29, 0.717) is 29.0 Å². The van der Waals surface area contributed by atoms with Crippen molar-refractivity contribution in [2.24, 2.45) is 5.92 Å². The van der Waals surface area contributed by atoms with Crippen LogP contribution < -0.4 is 15.8 Å². The van der Waals surface area contributed by atoms with Gasteiger partial charge in [-0.25, -0.2) is 9.67 Å². The summed E-state index contributed by atoms with van der Waals surface area (Å²) in [7, 11) is 0. The van der Waals surface area contributed by atoms with Crippen molar-refractivity contribution in [3.63, 3.8) is 0 Å². The molecule has 2 aromatic carbocycles. The summed E-state index contributed by atoms with van der Waals surface area (Å²) < 4.78 is 1.51. The molecule has 0 aliphatic carbocycles. The summed E-state index contributed by atoms with van der Waals surface area (Å²) in [4.78, 5) is 45.8. The number of para-hydroxylation sites is 3. The molecule has 2 amide bonds. The van der Waals surface area contributed by atoms with Crippen LogP contribution in [-0.2, 0) is 9.59 Å². The molecule has 154 valence electrons. The van der Waals surface area contributed by atoms with Crippen LogP contribution in [0.2, 0.25) is 0 Å². The largest absolute Gasteiger partial charge is 0.324 e. The van der Waals surface area contributed by atoms with E-state index >= 15 is 0 Å². The Hall–Kier alpha value is -4.27. The number of carbonyl (C=O) groups excluding carboxylic acids is 2. The fraction of sp³-hybridized carbons (Fsp3) is 0.136. The summed E-state index contributed by atoms with van der Waals surface area (Å²) in [6.45, 7) is 0.318. The topological polar surface area (TPSA) is 113 Å². The molecule has 1 aliphatic heterocycles. The quantitative estimate of drug-likeness (QED) is 0.531. The molecule has 9 nitrogen and oxygen atoms in total. The maximum atomic E-state index is 13.0. The van der Waals surface area contributed by atoms with Crippen molar-refractivity contribution in [1.82, 2.24) is 19.7 Å². The fourth-order valence-corrected chi connectivity index (χ4v) is 3.77. The molecule has 3 heterocycles. The van der Waals surface area contributed by atoms with Crippen LogP contribution in [-0.4, -0.2) is 38.1 Å². The smallest absolute Gasteiger partial charge is 0.261 e. The average molecular weight is 414 g/mol. The number of carbonyl (C=O) groups is 2. The Labute approximate surface area is 176 Å². The van der Waals surface area contributed by atoms with E-state index in [0.717, 1.165) is 5.69 Å². The van der Waals surface area contributed by atoms with Gasteiger partial charge in [0.05, 0.1) is 29.8 Å². The summed E-state index contributed by atoms with van der Waals surface area (Å²) in [5.41, 5.74) is 1.97. The number of aromatic nitrogens is 4. The molecule has 2 N–H and O–H groups in total. The predicted molar refractivity (Wildman–Crippen MR) is 115 cm³/mol. The van der Waals surface area contributed by atoms with Gasteiger partial charge in [-0.2, -0.15) is 5.10 Å². The second-order valence-corrected chi connectivity index (χ2v) is 7.27. The van der Waals surface area contributed by atoms with Crippen molar-refractivity contribution in [3.8, 4) is 5.69 Å². The van der Waals surface area contributed by atoms with E-state index < -0.39 is 5.92 Å². The van der Waals surface area contributed by atoms with E-state index in [9.17, 15) is 14.4 Å². The fourth-order valence-electron chi connectivity index (χ4n) is 3.77. The van der Waals surface area contributed by atoms with Gasteiger partial charge < -0.3 is 15.2 Å². The first-order valence-electron chi connectivity index (χ1n) is 9.79. The predicted octanol–water partition coefficient (Wildman–Crippen LogP) is 2.10. The zero-order valence-electron chi connectivity index (χ0n) is 16.4. The second kappa shape index (κ2) is 7.52. The van der Waals surface area contributed by atoms with Crippen LogP contribution in [0.4, 0.5) is 11.4 Å². The first-order valence-corrected chi connectivity index (χ1v) is 9.79. The molecule has 0 saturated carbocycles. The van der Waals surface area contributed by atoms with Gasteiger partial charge in [0.25, 0.3) is 5.56 Å². The summed E-state index contributed by atoms with van der Waals surface area (Å²) in [5.74, 6) is -0.807. The highest BCUT2D eigenvalue weighted by atomic mass is 16.2. The number of aromatic amines is 1. The van der Waals surface area contributed by atoms with Crippen molar-refractivity contribution < 1.29 is 9.59 Å². The molecule has 4 aromatic rings. The third-order valence-corrected chi connectivity index (χ3v) is 5.32. The maximum absolute atomic E-state index is 13.0. The molecule has 5 rings (SSSR count). The Balaban J connectivity index is 1.41. The molecule has 0 spiro atoms. The van der Waals surface area contributed by atoms with E-state index in [1.165, 1.54) is 17.2 Å². The summed E-state index contributed by atoms with van der Waals surface area (Å²) in [5, 5.41) is 7.55. The normalized spacial score (nSPS) is 16.1. The van der Waals surface area contributed by atoms with Gasteiger partial charge in [0, 0.05) is 18.7 Å². The van der Waals surface area contributed by atoms with Crippen molar-refractivity contribution in [2.75, 3.05) is 16.8 Å². The number of hydrogen-bond acceptors (Lipinski definition) is 5. The van der Waals surface area contributed by atoms with Crippen molar-refractivity contribution in [3.05, 3.63) is 77.5 Å². The van der Waals surface area contributed by atoms with Crippen LogP contribution in [0.1, 0.15) is 6.42 Å². The van der Waals surface area contributed by atoms with Gasteiger partial charge in [-0.15, -0.1) is 0 Å². The van der Waals surface area contributed by atoms with Crippen LogP contribution >= 0.6 is 0 Å². The first kappa shape index (κ1) is 18.7. The molecule has 0 radical (unpaired) electrons. The van der Waals surface area contributed by atoms with E-state index in [4.69, 9.17) is 0 Å². The number of rotatable bonds is 4. The lowest BCUT2D eigenvalue weighted by atomic mass is 10.1. The molecule has 31 heavy (non-hydrogen) atoms. The third kappa shape index (κ3) is 3.35. The van der Waals surface area contributed by atoms with Crippen molar-refractivity contribution >= 4 is 34.2 Å². The third-order valence-electron chi connectivity index (χ3n) is 5.32. The monoisotopic (exact) mass is 414 g/mol. The molecule has 2 aromatic heterocycles. The molecular formula is C22H18N6O3. The van der Waals surface area contributed by atoms with Crippen LogP contribution in [0.25, 0.3) is 16.7 Å². The molecular weight excluding hydrogens is 396 g/mol. The highest BCUT2D eigenvalue weighted by Gasteiger charge is 2.35. The van der Waals surface area contributed by atoms with Gasteiger partial charge in [0.2, 0.25) is 11.8 Å². The Morgan fingerprint density at radius 2 is 1.84 bits per heavy atom. The second-order valence-electron chi connectivity index (χ2n) is 7.27. The summed E-state index contributed by atoms with van der Waals surface area (Å²) in [6.07, 6.45) is 2.89. The number of anilines is 2. The molecule has 9 heteroatoms. The SMILES string of the molecule is O=C(Nc1ccccc1-n1ncc2c(=O)[nH]cnc21)C1CC(=O)N(c2ccccc2)C1. The summed E-state index contributed by atoms with van der Waals surface area (Å²) >= 11 is 0. The minimum Gasteiger partial charge on any atom is -0.324 e. The number of H-pyrrole nitrogens is 1. The van der Waals surface area contributed by atoms with Crippen LogP contribution in [0.5, 0.6) is 0 Å². The molecule has 1 fully saturated rings. The van der Waals surface area contributed by atoms with Gasteiger partial charge in [-0.05, 0) is 24.3 Å². The van der Waals surface area contributed by atoms with Gasteiger partial charge in [-0.3, -0.25) is 14.4 Å². The van der Waals surface area contributed by atoms with Crippen molar-refractivity contribution in [2.45, 2.75) is 6.42 Å². The Kier molecular flexibility index (Phi) is 4.55. The Morgan fingerprint density at radius 3 is 2.68 bits per heavy atom. The van der Waals surface area contributed by atoms with Gasteiger partial charge in [0.15, 0.2) is 5.65 Å². The van der Waals surface area contributed by atoms with Crippen LogP contribution in [0.15, 0.2) is 71.9 Å². The zero-order valence-corrected chi connectivity index (χ0v) is 16.4. The zero-order chi connectivity index (χ0) is 21.4. The number of nitrogens with one attached hydrogen (secondary N) is 2. The molecule has 1 unspecified atom stereocenters. The molecule has 1 aliphatic rings. The maximum Gasteiger partial charge on any atom is 0.261 e.